The molecule has 1 aromatic heterocycles. The lowest BCUT2D eigenvalue weighted by atomic mass is 9.80. The third-order valence-corrected chi connectivity index (χ3v) is 8.17. The number of carbonyl (C=O) groups is 1. The van der Waals surface area contributed by atoms with Crippen LogP contribution in [0.3, 0.4) is 0 Å². The molecule has 1 saturated carbocycles. The van der Waals surface area contributed by atoms with Crippen molar-refractivity contribution in [1.29, 1.82) is 0 Å². The third kappa shape index (κ3) is 3.22. The van der Waals surface area contributed by atoms with E-state index in [4.69, 9.17) is 11.6 Å². The zero-order chi connectivity index (χ0) is 21.2. The predicted octanol–water partition coefficient (Wildman–Crippen LogP) is 5.56. The summed E-state index contributed by atoms with van der Waals surface area (Å²) in [6.07, 6.45) is 3.56. The number of halogens is 1. The van der Waals surface area contributed by atoms with Crippen molar-refractivity contribution in [3.63, 3.8) is 0 Å². The van der Waals surface area contributed by atoms with Gasteiger partial charge >= 0.3 is 0 Å². The van der Waals surface area contributed by atoms with Crippen molar-refractivity contribution in [3.8, 4) is 11.1 Å². The lowest BCUT2D eigenvalue weighted by Gasteiger charge is -2.25. The van der Waals surface area contributed by atoms with Gasteiger partial charge in [0.05, 0.1) is 6.10 Å². The average molecular weight is 451 g/mol. The van der Waals surface area contributed by atoms with Gasteiger partial charge in [-0.3, -0.25) is 4.79 Å². The maximum Gasteiger partial charge on any atom is 0.273 e. The molecule has 0 unspecified atom stereocenters. The van der Waals surface area contributed by atoms with E-state index in [1.165, 1.54) is 46.4 Å². The molecule has 4 nitrogen and oxygen atoms in total. The number of aliphatic hydroxyl groups is 1. The molecule has 1 N–H and O–H groups in total. The molecule has 31 heavy (non-hydrogen) atoms. The molecule has 6 rings (SSSR count). The summed E-state index contributed by atoms with van der Waals surface area (Å²) in [4.78, 5) is 18.9. The average Bonchev–Trinajstić information content (AvgIpc) is 3.31. The summed E-state index contributed by atoms with van der Waals surface area (Å²) in [6.45, 7) is 1.29. The molecule has 2 atom stereocenters. The lowest BCUT2D eigenvalue weighted by Crippen LogP contribution is -2.33. The minimum Gasteiger partial charge on any atom is -0.388 e. The van der Waals surface area contributed by atoms with Crippen LogP contribution in [0, 0.1) is 0 Å². The quantitative estimate of drug-likeness (QED) is 0.568. The second-order valence-corrected chi connectivity index (χ2v) is 10.6. The van der Waals surface area contributed by atoms with Crippen LogP contribution in [0.25, 0.3) is 11.1 Å². The van der Waals surface area contributed by atoms with Crippen LogP contribution in [0.2, 0.25) is 4.47 Å². The number of thiazole rings is 1. The first-order valence-corrected chi connectivity index (χ1v) is 12.1. The Morgan fingerprint density at radius 3 is 2.81 bits per heavy atom. The van der Waals surface area contributed by atoms with Gasteiger partial charge in [0.2, 0.25) is 0 Å². The SMILES string of the molecule is O=C(c1csc(Cl)n1)N1CC[C@@]2(C[C@H](O)c3cc(-c4ccccc4C4CC4)ccc32)C1. The van der Waals surface area contributed by atoms with Crippen LogP contribution in [0.1, 0.15) is 64.9 Å². The van der Waals surface area contributed by atoms with E-state index in [0.29, 0.717) is 35.6 Å². The number of benzene rings is 2. The first-order valence-electron chi connectivity index (χ1n) is 10.9. The highest BCUT2D eigenvalue weighted by molar-refractivity contribution is 7.14. The lowest BCUT2D eigenvalue weighted by molar-refractivity contribution is 0.0771. The Hall–Kier alpha value is -2.21. The van der Waals surface area contributed by atoms with Gasteiger partial charge in [-0.1, -0.05) is 48.0 Å². The van der Waals surface area contributed by atoms with Crippen LogP contribution < -0.4 is 0 Å². The molecule has 2 aromatic carbocycles. The van der Waals surface area contributed by atoms with Crippen molar-refractivity contribution in [1.82, 2.24) is 9.88 Å². The summed E-state index contributed by atoms with van der Waals surface area (Å²) in [6, 6.07) is 15.2. The fraction of sp³-hybridized carbons (Fsp3) is 0.360. The van der Waals surface area contributed by atoms with Crippen LogP contribution in [0.5, 0.6) is 0 Å². The number of aromatic nitrogens is 1. The molecule has 2 heterocycles. The molecular formula is C25H23ClN2O2S. The number of nitrogens with zero attached hydrogens (tertiary/aromatic N) is 2. The van der Waals surface area contributed by atoms with E-state index in [0.717, 1.165) is 12.0 Å². The molecule has 158 valence electrons. The van der Waals surface area contributed by atoms with Gasteiger partial charge < -0.3 is 10.0 Å². The second-order valence-electron chi connectivity index (χ2n) is 9.13. The molecule has 2 fully saturated rings. The number of fused-ring (bicyclic) bond motifs is 2. The number of hydrogen-bond donors (Lipinski definition) is 1. The minimum absolute atomic E-state index is 0.0713. The molecule has 6 heteroatoms. The van der Waals surface area contributed by atoms with Gasteiger partial charge in [0.25, 0.3) is 5.91 Å². The van der Waals surface area contributed by atoms with E-state index in [1.807, 2.05) is 4.90 Å². The Kier molecular flexibility index (Phi) is 4.50. The fourth-order valence-corrected chi connectivity index (χ4v) is 6.27. The van der Waals surface area contributed by atoms with E-state index in [2.05, 4.69) is 47.4 Å². The zero-order valence-corrected chi connectivity index (χ0v) is 18.6. The monoisotopic (exact) mass is 450 g/mol. The first-order chi connectivity index (χ1) is 15.0. The van der Waals surface area contributed by atoms with Crippen LogP contribution in [-0.4, -0.2) is 34.0 Å². The summed E-state index contributed by atoms with van der Waals surface area (Å²) in [7, 11) is 0. The van der Waals surface area contributed by atoms with Crippen molar-refractivity contribution in [2.45, 2.75) is 43.1 Å². The minimum atomic E-state index is -0.494. The van der Waals surface area contributed by atoms with Crippen molar-refractivity contribution >= 4 is 28.8 Å². The van der Waals surface area contributed by atoms with Crippen molar-refractivity contribution in [2.24, 2.45) is 0 Å². The predicted molar refractivity (Wildman–Crippen MR) is 123 cm³/mol. The number of amides is 1. The van der Waals surface area contributed by atoms with Gasteiger partial charge in [0.15, 0.2) is 4.47 Å². The highest BCUT2D eigenvalue weighted by Crippen LogP contribution is 2.52. The van der Waals surface area contributed by atoms with Crippen LogP contribution in [-0.2, 0) is 5.41 Å². The highest BCUT2D eigenvalue weighted by atomic mass is 35.5. The molecule has 1 amide bonds. The largest absolute Gasteiger partial charge is 0.388 e. The van der Waals surface area contributed by atoms with E-state index < -0.39 is 6.10 Å². The molecule has 2 aliphatic carbocycles. The molecule has 1 saturated heterocycles. The zero-order valence-electron chi connectivity index (χ0n) is 17.1. The summed E-state index contributed by atoms with van der Waals surface area (Å²) in [5.41, 5.74) is 6.33. The normalized spacial score (nSPS) is 24.7. The van der Waals surface area contributed by atoms with Gasteiger partial charge in [-0.2, -0.15) is 0 Å². The maximum atomic E-state index is 12.9. The van der Waals surface area contributed by atoms with Crippen LogP contribution in [0.4, 0.5) is 0 Å². The highest BCUT2D eigenvalue weighted by Gasteiger charge is 2.49. The van der Waals surface area contributed by atoms with Gasteiger partial charge in [-0.05, 0) is 65.5 Å². The smallest absolute Gasteiger partial charge is 0.273 e. The van der Waals surface area contributed by atoms with Crippen LogP contribution in [0.15, 0.2) is 47.8 Å². The molecule has 3 aromatic rings. The second kappa shape index (κ2) is 7.16. The third-order valence-electron chi connectivity index (χ3n) is 7.19. The molecule has 0 bridgehead atoms. The topological polar surface area (TPSA) is 53.4 Å². The first kappa shape index (κ1) is 19.5. The van der Waals surface area contributed by atoms with Gasteiger partial charge in [0, 0.05) is 23.9 Å². The Morgan fingerprint density at radius 1 is 1.19 bits per heavy atom. The van der Waals surface area contributed by atoms with E-state index in [-0.39, 0.29) is 11.3 Å². The summed E-state index contributed by atoms with van der Waals surface area (Å²) < 4.78 is 0.387. The molecule has 0 radical (unpaired) electrons. The van der Waals surface area contributed by atoms with Crippen LogP contribution >= 0.6 is 22.9 Å². The fourth-order valence-electron chi connectivity index (χ4n) is 5.53. The Bertz CT molecular complexity index is 1190. The van der Waals surface area contributed by atoms with Gasteiger partial charge in [-0.25, -0.2) is 4.98 Å². The maximum absolute atomic E-state index is 12.9. The van der Waals surface area contributed by atoms with Gasteiger partial charge in [-0.15, -0.1) is 11.3 Å². The standard InChI is InChI=1S/C25H23ClN2O2S/c26-24-27-21(13-31-24)23(30)28-10-9-25(14-28)12-22(29)19-11-16(7-8-20(19)25)18-4-2-1-3-17(18)15-5-6-15/h1-4,7-8,11,13,15,22,29H,5-6,9-10,12,14H2/t22-,25+/m0/s1. The van der Waals surface area contributed by atoms with E-state index in [9.17, 15) is 9.90 Å². The number of aliphatic hydroxyl groups excluding tert-OH is 1. The Labute approximate surface area is 190 Å². The Morgan fingerprint density at radius 2 is 2.03 bits per heavy atom. The number of likely N-dealkylation sites (tertiary alicyclic amines) is 1. The Balaban J connectivity index is 1.32. The van der Waals surface area contributed by atoms with Gasteiger partial charge in [0.1, 0.15) is 5.69 Å². The summed E-state index contributed by atoms with van der Waals surface area (Å²) >= 11 is 7.20. The number of carbonyl (C=O) groups excluding carboxylic acids is 1. The molecule has 1 spiro atoms. The van der Waals surface area contributed by atoms with E-state index >= 15 is 0 Å². The molecular weight excluding hydrogens is 428 g/mol. The van der Waals surface area contributed by atoms with Crippen molar-refractivity contribution < 1.29 is 9.90 Å². The summed E-state index contributed by atoms with van der Waals surface area (Å²) in [5, 5.41) is 12.7. The molecule has 1 aliphatic heterocycles. The van der Waals surface area contributed by atoms with Crippen molar-refractivity contribution in [3.05, 3.63) is 74.7 Å². The molecule has 3 aliphatic rings. The summed E-state index contributed by atoms with van der Waals surface area (Å²) in [5.74, 6) is 0.604. The number of hydrogen-bond acceptors (Lipinski definition) is 4. The van der Waals surface area contributed by atoms with E-state index in [1.54, 1.807) is 5.38 Å². The number of rotatable bonds is 3. The van der Waals surface area contributed by atoms with Crippen molar-refractivity contribution in [2.75, 3.05) is 13.1 Å².